The number of carbonyl (C=O) groups excluding carboxylic acids is 1. The number of anilines is 1. The van der Waals surface area contributed by atoms with E-state index >= 15 is 0 Å². The highest BCUT2D eigenvalue weighted by molar-refractivity contribution is 7.89. The predicted octanol–water partition coefficient (Wildman–Crippen LogP) is 0.751. The van der Waals surface area contributed by atoms with Crippen molar-refractivity contribution in [3.8, 4) is 0 Å². The SMILES string of the molecule is Cc1nc2scc(C(=O)O)c2c(=O)n1CC(=O)Nc1ccc(S(N)(=O)=O)cc1. The normalized spacial score (nSPS) is 11.5. The molecule has 4 N–H and O–H groups in total. The average Bonchev–Trinajstić information content (AvgIpc) is 3.02. The molecule has 3 rings (SSSR count). The summed E-state index contributed by atoms with van der Waals surface area (Å²) in [6.07, 6.45) is 0. The number of thiophene rings is 1. The van der Waals surface area contributed by atoms with E-state index in [1.165, 1.54) is 36.6 Å². The molecule has 1 amide bonds. The Hall–Kier alpha value is -3.09. The Balaban J connectivity index is 1.88. The lowest BCUT2D eigenvalue weighted by atomic mass is 10.2. The summed E-state index contributed by atoms with van der Waals surface area (Å²) in [5, 5.41) is 18.0. The van der Waals surface area contributed by atoms with E-state index in [0.717, 1.165) is 15.9 Å². The monoisotopic (exact) mass is 422 g/mol. The number of fused-ring (bicyclic) bond motifs is 1. The van der Waals surface area contributed by atoms with E-state index in [2.05, 4.69) is 10.3 Å². The second-order valence-corrected chi connectivity index (χ2v) is 8.22. The summed E-state index contributed by atoms with van der Waals surface area (Å²) < 4.78 is 23.6. The Bertz CT molecular complexity index is 1260. The van der Waals surface area contributed by atoms with Crippen LogP contribution in [-0.2, 0) is 21.4 Å². The number of aromatic nitrogens is 2. The fourth-order valence-electron chi connectivity index (χ4n) is 2.54. The van der Waals surface area contributed by atoms with Gasteiger partial charge in [-0.2, -0.15) is 0 Å². The molecular formula is C16H14N4O6S2. The number of carboxylic acid groups (broad SMARTS) is 1. The van der Waals surface area contributed by atoms with E-state index in [1.54, 1.807) is 0 Å². The third-order valence-electron chi connectivity index (χ3n) is 3.88. The molecule has 0 fully saturated rings. The Morgan fingerprint density at radius 1 is 1.29 bits per heavy atom. The van der Waals surface area contributed by atoms with E-state index in [0.29, 0.717) is 5.69 Å². The maximum Gasteiger partial charge on any atom is 0.337 e. The topological polar surface area (TPSA) is 161 Å². The second-order valence-electron chi connectivity index (χ2n) is 5.80. The van der Waals surface area contributed by atoms with Crippen molar-refractivity contribution < 1.29 is 23.1 Å². The van der Waals surface area contributed by atoms with Crippen LogP contribution in [0.5, 0.6) is 0 Å². The minimum atomic E-state index is -3.85. The van der Waals surface area contributed by atoms with Crippen molar-refractivity contribution in [3.05, 3.63) is 51.4 Å². The lowest BCUT2D eigenvalue weighted by Gasteiger charge is -2.10. The van der Waals surface area contributed by atoms with Crippen LogP contribution in [0.25, 0.3) is 10.2 Å². The van der Waals surface area contributed by atoms with Crippen molar-refractivity contribution in [1.82, 2.24) is 9.55 Å². The Kier molecular flexibility index (Phi) is 5.02. The largest absolute Gasteiger partial charge is 0.478 e. The van der Waals surface area contributed by atoms with Gasteiger partial charge in [-0.25, -0.2) is 23.3 Å². The molecule has 0 saturated carbocycles. The van der Waals surface area contributed by atoms with Crippen molar-refractivity contribution in [1.29, 1.82) is 0 Å². The molecular weight excluding hydrogens is 408 g/mol. The molecule has 0 saturated heterocycles. The Labute approximate surface area is 162 Å². The fourth-order valence-corrected chi connectivity index (χ4v) is 4.01. The van der Waals surface area contributed by atoms with Gasteiger partial charge in [-0.05, 0) is 31.2 Å². The van der Waals surface area contributed by atoms with Gasteiger partial charge in [0.1, 0.15) is 17.2 Å². The molecule has 2 heterocycles. The number of sulfonamides is 1. The van der Waals surface area contributed by atoms with Crippen molar-refractivity contribution >= 4 is 49.1 Å². The van der Waals surface area contributed by atoms with Gasteiger partial charge in [0.15, 0.2) is 0 Å². The molecule has 2 aromatic heterocycles. The van der Waals surface area contributed by atoms with Crippen LogP contribution in [-0.4, -0.2) is 35.0 Å². The molecule has 0 aliphatic heterocycles. The molecule has 28 heavy (non-hydrogen) atoms. The molecule has 0 aliphatic carbocycles. The highest BCUT2D eigenvalue weighted by atomic mass is 32.2. The zero-order chi connectivity index (χ0) is 20.6. The molecule has 0 spiro atoms. The van der Waals surface area contributed by atoms with E-state index in [4.69, 9.17) is 5.14 Å². The first kappa shape index (κ1) is 19.7. The number of rotatable bonds is 5. The second kappa shape index (κ2) is 7.14. The lowest BCUT2D eigenvalue weighted by Crippen LogP contribution is -2.30. The van der Waals surface area contributed by atoms with Crippen LogP contribution in [0.15, 0.2) is 39.3 Å². The van der Waals surface area contributed by atoms with Gasteiger partial charge in [-0.15, -0.1) is 11.3 Å². The summed E-state index contributed by atoms with van der Waals surface area (Å²) in [5.74, 6) is -1.56. The number of primary sulfonamides is 1. The first-order valence-electron chi connectivity index (χ1n) is 7.72. The number of nitrogens with one attached hydrogen (secondary N) is 1. The molecule has 0 radical (unpaired) electrons. The number of aromatic carboxylic acids is 1. The van der Waals surface area contributed by atoms with Crippen molar-refractivity contribution in [2.75, 3.05) is 5.32 Å². The molecule has 0 bridgehead atoms. The van der Waals surface area contributed by atoms with Crippen LogP contribution >= 0.6 is 11.3 Å². The predicted molar refractivity (Wildman–Crippen MR) is 102 cm³/mol. The standard InChI is InChI=1S/C16H14N4O6S2/c1-8-18-14-13(11(7-27-14)16(23)24)15(22)20(8)6-12(21)19-9-2-4-10(5-3-9)28(17,25)26/h2-5,7H,6H2,1H3,(H,19,21)(H,23,24)(H2,17,25,26). The first-order chi connectivity index (χ1) is 13.1. The molecule has 0 atom stereocenters. The number of hydrogen-bond acceptors (Lipinski definition) is 7. The fraction of sp³-hybridized carbons (Fsp3) is 0.125. The number of aryl methyl sites for hydroxylation is 1. The van der Waals surface area contributed by atoms with Gasteiger partial charge in [-0.3, -0.25) is 14.2 Å². The number of nitrogens with two attached hydrogens (primary N) is 1. The quantitative estimate of drug-likeness (QED) is 0.546. The Morgan fingerprint density at radius 2 is 1.93 bits per heavy atom. The molecule has 1 aromatic carbocycles. The number of nitrogens with zero attached hydrogens (tertiary/aromatic N) is 2. The smallest absolute Gasteiger partial charge is 0.337 e. The molecule has 3 aromatic rings. The maximum absolute atomic E-state index is 12.7. The summed E-state index contributed by atoms with van der Waals surface area (Å²) in [6, 6.07) is 5.19. The minimum Gasteiger partial charge on any atom is -0.478 e. The number of carboxylic acids is 1. The number of amides is 1. The van der Waals surface area contributed by atoms with Crippen molar-refractivity contribution in [2.24, 2.45) is 5.14 Å². The van der Waals surface area contributed by atoms with E-state index < -0.39 is 27.5 Å². The van der Waals surface area contributed by atoms with Crippen LogP contribution in [0, 0.1) is 6.92 Å². The van der Waals surface area contributed by atoms with Gasteiger partial charge < -0.3 is 10.4 Å². The van der Waals surface area contributed by atoms with Gasteiger partial charge in [0, 0.05) is 11.1 Å². The van der Waals surface area contributed by atoms with Crippen molar-refractivity contribution in [3.63, 3.8) is 0 Å². The average molecular weight is 422 g/mol. The van der Waals surface area contributed by atoms with E-state index in [9.17, 15) is 27.9 Å². The lowest BCUT2D eigenvalue weighted by molar-refractivity contribution is -0.116. The number of benzene rings is 1. The number of carbonyl (C=O) groups is 2. The molecule has 10 nitrogen and oxygen atoms in total. The van der Waals surface area contributed by atoms with E-state index in [-0.39, 0.29) is 33.0 Å². The van der Waals surface area contributed by atoms with Gasteiger partial charge in [-0.1, -0.05) is 0 Å². The third-order valence-corrected chi connectivity index (χ3v) is 5.68. The third kappa shape index (κ3) is 3.78. The summed E-state index contributed by atoms with van der Waals surface area (Å²) >= 11 is 1.04. The summed E-state index contributed by atoms with van der Waals surface area (Å²) in [7, 11) is -3.85. The summed E-state index contributed by atoms with van der Waals surface area (Å²) in [4.78, 5) is 40.7. The molecule has 12 heteroatoms. The minimum absolute atomic E-state index is 0.0478. The van der Waals surface area contributed by atoms with Crippen molar-refractivity contribution in [2.45, 2.75) is 18.4 Å². The molecule has 0 aliphatic rings. The molecule has 146 valence electrons. The van der Waals surface area contributed by atoms with Crippen LogP contribution < -0.4 is 16.0 Å². The Morgan fingerprint density at radius 3 is 2.50 bits per heavy atom. The summed E-state index contributed by atoms with van der Waals surface area (Å²) in [6.45, 7) is 1.15. The van der Waals surface area contributed by atoms with E-state index in [1.807, 2.05) is 0 Å². The zero-order valence-electron chi connectivity index (χ0n) is 14.4. The zero-order valence-corrected chi connectivity index (χ0v) is 16.0. The van der Waals surface area contributed by atoms with Gasteiger partial charge in [0.05, 0.1) is 15.8 Å². The van der Waals surface area contributed by atoms with Crippen LogP contribution in [0.4, 0.5) is 5.69 Å². The van der Waals surface area contributed by atoms with Gasteiger partial charge in [0.2, 0.25) is 15.9 Å². The molecule has 0 unspecified atom stereocenters. The highest BCUT2D eigenvalue weighted by Gasteiger charge is 2.19. The van der Waals surface area contributed by atoms with Crippen LogP contribution in [0.2, 0.25) is 0 Å². The van der Waals surface area contributed by atoms with Crippen LogP contribution in [0.3, 0.4) is 0 Å². The maximum atomic E-state index is 12.7. The first-order valence-corrected chi connectivity index (χ1v) is 10.1. The van der Waals surface area contributed by atoms with Gasteiger partial charge in [0.25, 0.3) is 5.56 Å². The van der Waals surface area contributed by atoms with Gasteiger partial charge >= 0.3 is 5.97 Å². The highest BCUT2D eigenvalue weighted by Crippen LogP contribution is 2.21. The number of hydrogen-bond donors (Lipinski definition) is 3. The summed E-state index contributed by atoms with van der Waals surface area (Å²) in [5.41, 5.74) is -0.481. The van der Waals surface area contributed by atoms with Crippen LogP contribution in [0.1, 0.15) is 16.2 Å².